The molecule has 1 fully saturated rings. The number of thiocarbonyl (C=S) groups is 1. The van der Waals surface area contributed by atoms with E-state index in [1.54, 1.807) is 12.1 Å². The third-order valence-corrected chi connectivity index (χ3v) is 4.22. The molecule has 1 heterocycles. The first-order valence-electron chi connectivity index (χ1n) is 8.08. The van der Waals surface area contributed by atoms with Crippen LogP contribution in [0.25, 0.3) is 11.5 Å². The highest BCUT2D eigenvalue weighted by atomic mass is 32.1. The van der Waals surface area contributed by atoms with E-state index < -0.39 is 4.92 Å². The fraction of sp³-hybridized carbons (Fsp3) is 0.438. The molecule has 0 unspecified atom stereocenters. The summed E-state index contributed by atoms with van der Waals surface area (Å²) in [7, 11) is 0. The molecule has 0 atom stereocenters. The third kappa shape index (κ3) is 4.30. The zero-order valence-electron chi connectivity index (χ0n) is 14.0. The molecule has 25 heavy (non-hydrogen) atoms. The molecule has 8 nitrogen and oxygen atoms in total. The summed E-state index contributed by atoms with van der Waals surface area (Å²) in [5.41, 5.74) is 0.499. The second-order valence-corrected chi connectivity index (χ2v) is 6.64. The number of nitro groups is 1. The van der Waals surface area contributed by atoms with E-state index in [1.807, 2.05) is 18.7 Å². The maximum absolute atomic E-state index is 10.9. The number of nitrogens with zero attached hydrogens (tertiary/aromatic N) is 4. The largest absolute Gasteiger partial charge is 0.419 e. The summed E-state index contributed by atoms with van der Waals surface area (Å²) in [6.07, 6.45) is 2.28. The molecule has 1 aliphatic rings. The quantitative estimate of drug-likeness (QED) is 0.476. The Kier molecular flexibility index (Phi) is 4.93. The monoisotopic (exact) mass is 361 g/mol. The molecule has 9 heteroatoms. The van der Waals surface area contributed by atoms with E-state index in [2.05, 4.69) is 15.5 Å². The molecule has 0 aliphatic heterocycles. The average molecular weight is 361 g/mol. The molecule has 0 spiro atoms. The van der Waals surface area contributed by atoms with Crippen LogP contribution in [-0.4, -0.2) is 37.2 Å². The number of hydrogen-bond acceptors (Lipinski definition) is 6. The molecule has 1 aliphatic carbocycles. The predicted octanol–water partition coefficient (Wildman–Crippen LogP) is 2.89. The average Bonchev–Trinajstić information content (AvgIpc) is 3.26. The number of hydrogen-bond donors (Lipinski definition) is 1. The van der Waals surface area contributed by atoms with Gasteiger partial charge in [-0.1, -0.05) is 6.07 Å². The van der Waals surface area contributed by atoms with Gasteiger partial charge in [-0.2, -0.15) is 0 Å². The lowest BCUT2D eigenvalue weighted by atomic mass is 10.2. The first kappa shape index (κ1) is 17.3. The number of nitro benzene ring substituents is 1. The van der Waals surface area contributed by atoms with Gasteiger partial charge in [0.15, 0.2) is 5.11 Å². The Morgan fingerprint density at radius 1 is 1.48 bits per heavy atom. The summed E-state index contributed by atoms with van der Waals surface area (Å²) in [4.78, 5) is 12.4. The van der Waals surface area contributed by atoms with Crippen molar-refractivity contribution in [2.24, 2.45) is 0 Å². The van der Waals surface area contributed by atoms with Crippen LogP contribution in [0.5, 0.6) is 0 Å². The SMILES string of the molecule is CC(C)N(Cc1nnc(-c2cccc([N+](=O)[O-])c2)o1)C(=S)NC1CC1. The van der Waals surface area contributed by atoms with Gasteiger partial charge in [0.25, 0.3) is 5.69 Å². The number of rotatable bonds is 6. The minimum absolute atomic E-state index is 0.0177. The van der Waals surface area contributed by atoms with Gasteiger partial charge in [0.1, 0.15) is 0 Å². The van der Waals surface area contributed by atoms with Crippen molar-refractivity contribution >= 4 is 23.0 Å². The van der Waals surface area contributed by atoms with Crippen molar-refractivity contribution in [2.75, 3.05) is 0 Å². The molecule has 3 rings (SSSR count). The highest BCUT2D eigenvalue weighted by Crippen LogP contribution is 2.24. The summed E-state index contributed by atoms with van der Waals surface area (Å²) in [5, 5.41) is 22.9. The van der Waals surface area contributed by atoms with Gasteiger partial charge in [-0.25, -0.2) is 0 Å². The van der Waals surface area contributed by atoms with Gasteiger partial charge in [-0.05, 0) is 45.0 Å². The second kappa shape index (κ2) is 7.14. The number of non-ortho nitro benzene ring substituents is 1. The zero-order chi connectivity index (χ0) is 18.0. The minimum atomic E-state index is -0.455. The highest BCUT2D eigenvalue weighted by Gasteiger charge is 2.26. The van der Waals surface area contributed by atoms with E-state index in [1.165, 1.54) is 12.1 Å². The standard InChI is InChI=1S/C16H19N5O3S/c1-10(2)20(16(25)17-12-6-7-12)9-14-18-19-15(24-14)11-4-3-5-13(8-11)21(22)23/h3-5,8,10,12H,6-7,9H2,1-2H3,(H,17,25). The van der Waals surface area contributed by atoms with Crippen LogP contribution in [0.15, 0.2) is 28.7 Å². The molecule has 1 saturated carbocycles. The van der Waals surface area contributed by atoms with E-state index in [0.29, 0.717) is 29.2 Å². The Bertz CT molecular complexity index is 788. The number of nitrogens with one attached hydrogen (secondary N) is 1. The van der Waals surface area contributed by atoms with Crippen LogP contribution in [-0.2, 0) is 6.54 Å². The fourth-order valence-corrected chi connectivity index (χ4v) is 2.75. The van der Waals surface area contributed by atoms with Crippen molar-refractivity contribution in [3.05, 3.63) is 40.3 Å². The van der Waals surface area contributed by atoms with Crippen molar-refractivity contribution in [1.82, 2.24) is 20.4 Å². The van der Waals surface area contributed by atoms with Crippen LogP contribution in [0.4, 0.5) is 5.69 Å². The van der Waals surface area contributed by atoms with Gasteiger partial charge < -0.3 is 14.6 Å². The third-order valence-electron chi connectivity index (χ3n) is 3.87. The first-order chi connectivity index (χ1) is 11.9. The zero-order valence-corrected chi connectivity index (χ0v) is 14.8. The van der Waals surface area contributed by atoms with E-state index in [0.717, 1.165) is 12.8 Å². The first-order valence-corrected chi connectivity index (χ1v) is 8.49. The Labute approximate surface area is 150 Å². The van der Waals surface area contributed by atoms with Crippen molar-refractivity contribution in [2.45, 2.75) is 45.3 Å². The normalized spacial score (nSPS) is 13.7. The van der Waals surface area contributed by atoms with E-state index in [4.69, 9.17) is 16.6 Å². The van der Waals surface area contributed by atoms with Crippen molar-refractivity contribution in [3.63, 3.8) is 0 Å². The Morgan fingerprint density at radius 3 is 2.88 bits per heavy atom. The van der Waals surface area contributed by atoms with E-state index >= 15 is 0 Å². The molecule has 1 aromatic heterocycles. The highest BCUT2D eigenvalue weighted by molar-refractivity contribution is 7.80. The molecule has 0 saturated heterocycles. The lowest BCUT2D eigenvalue weighted by Crippen LogP contribution is -2.44. The summed E-state index contributed by atoms with van der Waals surface area (Å²) in [6.45, 7) is 4.47. The number of benzene rings is 1. The van der Waals surface area contributed by atoms with E-state index in [-0.39, 0.29) is 17.6 Å². The van der Waals surface area contributed by atoms with Gasteiger partial charge in [-0.3, -0.25) is 10.1 Å². The van der Waals surface area contributed by atoms with Crippen molar-refractivity contribution in [1.29, 1.82) is 0 Å². The van der Waals surface area contributed by atoms with E-state index in [9.17, 15) is 10.1 Å². The van der Waals surface area contributed by atoms with Gasteiger partial charge in [0.2, 0.25) is 11.8 Å². The maximum Gasteiger partial charge on any atom is 0.270 e. The van der Waals surface area contributed by atoms with Crippen LogP contribution < -0.4 is 5.32 Å². The summed E-state index contributed by atoms with van der Waals surface area (Å²) in [6, 6.07) is 6.76. The van der Waals surface area contributed by atoms with Crippen molar-refractivity contribution in [3.8, 4) is 11.5 Å². The second-order valence-electron chi connectivity index (χ2n) is 6.25. The smallest absolute Gasteiger partial charge is 0.270 e. The van der Waals surface area contributed by atoms with Crippen LogP contribution in [0.2, 0.25) is 0 Å². The molecule has 0 amide bonds. The molecular weight excluding hydrogens is 342 g/mol. The maximum atomic E-state index is 10.9. The number of aromatic nitrogens is 2. The summed E-state index contributed by atoms with van der Waals surface area (Å²) in [5.74, 6) is 0.665. The molecule has 0 bridgehead atoms. The predicted molar refractivity (Wildman–Crippen MR) is 95.8 cm³/mol. The van der Waals surface area contributed by atoms with Gasteiger partial charge in [0, 0.05) is 29.8 Å². The lowest BCUT2D eigenvalue weighted by Gasteiger charge is -2.28. The molecule has 2 aromatic rings. The molecule has 1 aromatic carbocycles. The van der Waals surface area contributed by atoms with Crippen LogP contribution in [0.3, 0.4) is 0 Å². The Morgan fingerprint density at radius 2 is 2.24 bits per heavy atom. The molecular formula is C16H19N5O3S. The van der Waals surface area contributed by atoms with Crippen molar-refractivity contribution < 1.29 is 9.34 Å². The van der Waals surface area contributed by atoms with Crippen LogP contribution in [0, 0.1) is 10.1 Å². The summed E-state index contributed by atoms with van der Waals surface area (Å²) < 4.78 is 5.68. The topological polar surface area (TPSA) is 97.3 Å². The Hall–Kier alpha value is -2.55. The van der Waals surface area contributed by atoms with Gasteiger partial charge >= 0.3 is 0 Å². The van der Waals surface area contributed by atoms with Crippen LogP contribution in [0.1, 0.15) is 32.6 Å². The Balaban J connectivity index is 1.74. The van der Waals surface area contributed by atoms with Crippen LogP contribution >= 0.6 is 12.2 Å². The molecule has 0 radical (unpaired) electrons. The molecule has 132 valence electrons. The lowest BCUT2D eigenvalue weighted by molar-refractivity contribution is -0.384. The fourth-order valence-electron chi connectivity index (χ4n) is 2.31. The van der Waals surface area contributed by atoms with Gasteiger partial charge in [0.05, 0.1) is 11.5 Å². The minimum Gasteiger partial charge on any atom is -0.419 e. The van der Waals surface area contributed by atoms with Gasteiger partial charge in [-0.15, -0.1) is 10.2 Å². The molecule has 1 N–H and O–H groups in total. The summed E-state index contributed by atoms with van der Waals surface area (Å²) >= 11 is 5.46.